The van der Waals surface area contributed by atoms with Gasteiger partial charge in [-0.2, -0.15) is 13.2 Å². The number of hydrogen-bond donors (Lipinski definition) is 1. The van der Waals surface area contributed by atoms with E-state index >= 15 is 0 Å². The van der Waals surface area contributed by atoms with Crippen LogP contribution < -0.4 is 10.1 Å². The Hall–Kier alpha value is -3.25. The van der Waals surface area contributed by atoms with E-state index in [4.69, 9.17) is 4.74 Å². The first kappa shape index (κ1) is 22.0. The van der Waals surface area contributed by atoms with Gasteiger partial charge in [0.15, 0.2) is 0 Å². The van der Waals surface area contributed by atoms with Crippen LogP contribution in [-0.4, -0.2) is 11.2 Å². The third kappa shape index (κ3) is 4.97. The zero-order valence-electron chi connectivity index (χ0n) is 17.8. The molecule has 1 N–H and O–H groups in total. The molecule has 0 unspecified atom stereocenters. The first-order chi connectivity index (χ1) is 15.5. The molecule has 0 saturated heterocycles. The van der Waals surface area contributed by atoms with Gasteiger partial charge in [-0.1, -0.05) is 48.5 Å². The number of aromatic nitrogens is 1. The molecule has 6 heteroatoms. The van der Waals surface area contributed by atoms with Crippen LogP contribution in [0.5, 0.6) is 5.75 Å². The fourth-order valence-electron chi connectivity index (χ4n) is 3.94. The van der Waals surface area contributed by atoms with Gasteiger partial charge in [-0.3, -0.25) is 0 Å². The Morgan fingerprint density at radius 2 is 1.59 bits per heavy atom. The normalized spacial score (nSPS) is 11.8. The van der Waals surface area contributed by atoms with Crippen molar-refractivity contribution in [3.8, 4) is 5.75 Å². The summed E-state index contributed by atoms with van der Waals surface area (Å²) in [6.07, 6.45) is -2.30. The quantitative estimate of drug-likeness (QED) is 0.345. The highest BCUT2D eigenvalue weighted by Crippen LogP contribution is 2.32. The number of nitrogens with zero attached hydrogens (tertiary/aromatic N) is 1. The Kier molecular flexibility index (Phi) is 6.51. The second-order valence-corrected chi connectivity index (χ2v) is 7.64. The van der Waals surface area contributed by atoms with Crippen LogP contribution in [0.2, 0.25) is 0 Å². The maximum absolute atomic E-state index is 13.3. The smallest absolute Gasteiger partial charge is 0.416 e. The minimum atomic E-state index is -4.36. The number of hydrogen-bond acceptors (Lipinski definition) is 2. The minimum absolute atomic E-state index is 0.131. The first-order valence-electron chi connectivity index (χ1n) is 10.6. The summed E-state index contributed by atoms with van der Waals surface area (Å²) in [6.45, 7) is 3.79. The van der Waals surface area contributed by atoms with Gasteiger partial charge in [-0.15, -0.1) is 0 Å². The van der Waals surface area contributed by atoms with Crippen molar-refractivity contribution in [2.24, 2.45) is 0 Å². The van der Waals surface area contributed by atoms with Gasteiger partial charge >= 0.3 is 6.18 Å². The third-order valence-electron chi connectivity index (χ3n) is 5.40. The number of fused-ring (bicyclic) bond motifs is 1. The average Bonchev–Trinajstić information content (AvgIpc) is 3.11. The van der Waals surface area contributed by atoms with E-state index in [1.807, 2.05) is 43.3 Å². The molecule has 0 fully saturated rings. The van der Waals surface area contributed by atoms with Gasteiger partial charge in [-0.05, 0) is 47.9 Å². The second kappa shape index (κ2) is 9.49. The summed E-state index contributed by atoms with van der Waals surface area (Å²) >= 11 is 0. The Morgan fingerprint density at radius 1 is 0.875 bits per heavy atom. The van der Waals surface area contributed by atoms with Crippen molar-refractivity contribution in [3.63, 3.8) is 0 Å². The molecule has 32 heavy (non-hydrogen) atoms. The third-order valence-corrected chi connectivity index (χ3v) is 5.40. The molecule has 1 aromatic heterocycles. The van der Waals surface area contributed by atoms with E-state index in [9.17, 15) is 13.2 Å². The van der Waals surface area contributed by atoms with Gasteiger partial charge in [0.2, 0.25) is 0 Å². The van der Waals surface area contributed by atoms with Crippen LogP contribution in [-0.2, 0) is 25.8 Å². The van der Waals surface area contributed by atoms with Crippen molar-refractivity contribution in [1.29, 1.82) is 0 Å². The molecule has 0 aliphatic rings. The van der Waals surface area contributed by atoms with Crippen molar-refractivity contribution in [3.05, 3.63) is 101 Å². The maximum atomic E-state index is 13.3. The lowest BCUT2D eigenvalue weighted by Gasteiger charge is -2.13. The topological polar surface area (TPSA) is 26.2 Å². The highest BCUT2D eigenvalue weighted by molar-refractivity contribution is 5.85. The fraction of sp³-hybridized carbons (Fsp3) is 0.231. The number of benzene rings is 3. The van der Waals surface area contributed by atoms with E-state index < -0.39 is 11.7 Å². The molecular weight excluding hydrogens is 413 g/mol. The Labute approximate surface area is 185 Å². The zero-order chi connectivity index (χ0) is 22.6. The molecule has 0 amide bonds. The van der Waals surface area contributed by atoms with Gasteiger partial charge in [0.25, 0.3) is 0 Å². The molecule has 0 radical (unpaired) electrons. The van der Waals surface area contributed by atoms with Crippen LogP contribution in [0.4, 0.5) is 13.2 Å². The molecule has 3 nitrogen and oxygen atoms in total. The minimum Gasteiger partial charge on any atom is -0.494 e. The monoisotopic (exact) mass is 438 g/mol. The molecule has 0 saturated carbocycles. The van der Waals surface area contributed by atoms with Gasteiger partial charge in [0.05, 0.1) is 12.2 Å². The molecule has 0 spiro atoms. The van der Waals surface area contributed by atoms with Gasteiger partial charge in [0.1, 0.15) is 5.75 Å². The lowest BCUT2D eigenvalue weighted by atomic mass is 10.1. The van der Waals surface area contributed by atoms with Gasteiger partial charge in [-0.25, -0.2) is 0 Å². The largest absolute Gasteiger partial charge is 0.494 e. The molecule has 4 rings (SSSR count). The predicted molar refractivity (Wildman–Crippen MR) is 121 cm³/mol. The van der Waals surface area contributed by atoms with E-state index in [-0.39, 0.29) is 12.1 Å². The number of rotatable bonds is 8. The maximum Gasteiger partial charge on any atom is 0.416 e. The van der Waals surface area contributed by atoms with E-state index in [2.05, 4.69) is 28.2 Å². The van der Waals surface area contributed by atoms with Crippen LogP contribution in [0, 0.1) is 0 Å². The molecule has 0 aliphatic carbocycles. The van der Waals surface area contributed by atoms with Crippen molar-refractivity contribution in [2.75, 3.05) is 6.61 Å². The van der Waals surface area contributed by atoms with Crippen molar-refractivity contribution in [2.45, 2.75) is 32.7 Å². The van der Waals surface area contributed by atoms with Crippen LogP contribution in [0.3, 0.4) is 0 Å². The summed E-state index contributed by atoms with van der Waals surface area (Å²) in [5, 5.41) is 4.23. The Bertz CT molecular complexity index is 1180. The molecule has 3 aromatic carbocycles. The molecule has 1 heterocycles. The lowest BCUT2D eigenvalue weighted by Crippen LogP contribution is -2.17. The first-order valence-corrected chi connectivity index (χ1v) is 10.6. The number of halogens is 3. The van der Waals surface area contributed by atoms with Crippen LogP contribution in [0.15, 0.2) is 79.0 Å². The highest BCUT2D eigenvalue weighted by Gasteiger charge is 2.32. The van der Waals surface area contributed by atoms with Gasteiger partial charge < -0.3 is 14.6 Å². The van der Waals surface area contributed by atoms with Crippen molar-refractivity contribution in [1.82, 2.24) is 9.88 Å². The summed E-state index contributed by atoms with van der Waals surface area (Å²) in [5.41, 5.74) is 2.89. The van der Waals surface area contributed by atoms with E-state index in [0.29, 0.717) is 19.7 Å². The summed E-state index contributed by atoms with van der Waals surface area (Å²) in [7, 11) is 0. The summed E-state index contributed by atoms with van der Waals surface area (Å²) < 4.78 is 47.7. The van der Waals surface area contributed by atoms with E-state index in [1.165, 1.54) is 17.7 Å². The van der Waals surface area contributed by atoms with Crippen molar-refractivity contribution >= 4 is 10.9 Å². The predicted octanol–water partition coefficient (Wildman–Crippen LogP) is 6.40. The fourth-order valence-corrected chi connectivity index (χ4v) is 3.94. The molecule has 0 aliphatic heterocycles. The summed E-state index contributed by atoms with van der Waals surface area (Å²) in [4.78, 5) is 0. The molecular formula is C26H25F3N2O. The van der Waals surface area contributed by atoms with Crippen LogP contribution in [0.25, 0.3) is 10.9 Å². The Balaban J connectivity index is 1.59. The number of nitrogens with one attached hydrogen (secondary N) is 1. The standard InChI is InChI=1S/C26H25F3N2O/c1-2-32-22-12-13-25-23(14-22)21(18-31(25)17-19-8-4-3-5-9-19)16-30-15-20-10-6-7-11-24(20)26(27,28)29/h3-14,18,30H,2,15-17H2,1H3. The van der Waals surface area contributed by atoms with E-state index in [0.717, 1.165) is 28.3 Å². The van der Waals surface area contributed by atoms with Gasteiger partial charge in [0, 0.05) is 36.7 Å². The SMILES string of the molecule is CCOc1ccc2c(c1)c(CNCc1ccccc1C(F)(F)F)cn2Cc1ccccc1. The highest BCUT2D eigenvalue weighted by atomic mass is 19.4. The number of ether oxygens (including phenoxy) is 1. The molecule has 0 bridgehead atoms. The molecule has 0 atom stereocenters. The zero-order valence-corrected chi connectivity index (χ0v) is 17.8. The van der Waals surface area contributed by atoms with E-state index in [1.54, 1.807) is 6.07 Å². The second-order valence-electron chi connectivity index (χ2n) is 7.64. The lowest BCUT2D eigenvalue weighted by molar-refractivity contribution is -0.138. The average molecular weight is 438 g/mol. The summed E-state index contributed by atoms with van der Waals surface area (Å²) in [6, 6.07) is 21.8. The number of alkyl halides is 3. The van der Waals surface area contributed by atoms with Crippen LogP contribution >= 0.6 is 0 Å². The summed E-state index contributed by atoms with van der Waals surface area (Å²) in [5.74, 6) is 0.779. The Morgan fingerprint density at radius 3 is 2.34 bits per heavy atom. The molecule has 4 aromatic rings. The van der Waals surface area contributed by atoms with Crippen LogP contribution in [0.1, 0.15) is 29.2 Å². The van der Waals surface area contributed by atoms with Crippen molar-refractivity contribution < 1.29 is 17.9 Å². The molecule has 166 valence electrons.